The van der Waals surface area contributed by atoms with E-state index in [1.807, 2.05) is 24.3 Å². The van der Waals surface area contributed by atoms with Crippen LogP contribution in [0.15, 0.2) is 32.5 Å². The molecule has 1 aromatic carbocycles. The maximum Gasteiger partial charge on any atom is 0.141 e. The molecule has 2 aromatic rings. The van der Waals surface area contributed by atoms with Gasteiger partial charge >= 0.3 is 0 Å². The summed E-state index contributed by atoms with van der Waals surface area (Å²) in [4.78, 5) is 1.06. The molecule has 0 bridgehead atoms. The Morgan fingerprint density at radius 2 is 1.84 bits per heavy atom. The van der Waals surface area contributed by atoms with E-state index in [9.17, 15) is 0 Å². The lowest BCUT2D eigenvalue weighted by molar-refractivity contribution is 0.386. The Morgan fingerprint density at radius 3 is 2.37 bits per heavy atom. The van der Waals surface area contributed by atoms with Crippen molar-refractivity contribution in [3.63, 3.8) is 0 Å². The van der Waals surface area contributed by atoms with Crippen molar-refractivity contribution in [3.05, 3.63) is 43.0 Å². The lowest BCUT2D eigenvalue weighted by Gasteiger charge is -2.16. The highest BCUT2D eigenvalue weighted by Gasteiger charge is 2.21. The van der Waals surface area contributed by atoms with Crippen LogP contribution in [0.2, 0.25) is 0 Å². The molecule has 1 heterocycles. The molecule has 0 N–H and O–H groups in total. The van der Waals surface area contributed by atoms with Gasteiger partial charge in [-0.2, -0.15) is 0 Å². The molecule has 0 saturated heterocycles. The van der Waals surface area contributed by atoms with Gasteiger partial charge in [-0.05, 0) is 56.1 Å². The summed E-state index contributed by atoms with van der Waals surface area (Å²) < 4.78 is 12.5. The molecule has 0 aliphatic rings. The van der Waals surface area contributed by atoms with Gasteiger partial charge in [-0.25, -0.2) is 0 Å². The fourth-order valence-electron chi connectivity index (χ4n) is 1.74. The summed E-state index contributed by atoms with van der Waals surface area (Å²) >= 11 is 15.1. The molecule has 1 unspecified atom stereocenters. The Kier molecular flexibility index (Phi) is 5.17. The van der Waals surface area contributed by atoms with E-state index in [1.165, 1.54) is 0 Å². The zero-order chi connectivity index (χ0) is 14.0. The third-order valence-corrected chi connectivity index (χ3v) is 5.67. The largest absolute Gasteiger partial charge is 0.495 e. The van der Waals surface area contributed by atoms with Gasteiger partial charge in [0.25, 0.3) is 0 Å². The molecule has 102 valence electrons. The van der Waals surface area contributed by atoms with Crippen molar-refractivity contribution in [3.8, 4) is 11.5 Å². The molecule has 1 aromatic heterocycles. The fraction of sp³-hybridized carbons (Fsp3) is 0.231. The van der Waals surface area contributed by atoms with Crippen LogP contribution in [0, 0.1) is 0 Å². The third kappa shape index (κ3) is 3.10. The molecule has 0 fully saturated rings. The quantitative estimate of drug-likeness (QED) is 0.591. The normalized spacial score (nSPS) is 12.3. The van der Waals surface area contributed by atoms with Crippen LogP contribution in [0.4, 0.5) is 0 Å². The van der Waals surface area contributed by atoms with Crippen molar-refractivity contribution in [2.45, 2.75) is 5.38 Å². The van der Waals surface area contributed by atoms with Gasteiger partial charge in [-0.1, -0.05) is 0 Å². The van der Waals surface area contributed by atoms with Crippen molar-refractivity contribution < 1.29 is 9.47 Å². The summed E-state index contributed by atoms with van der Waals surface area (Å²) in [5.74, 6) is 1.42. The van der Waals surface area contributed by atoms with Gasteiger partial charge in [0.15, 0.2) is 0 Å². The van der Waals surface area contributed by atoms with E-state index in [-0.39, 0.29) is 5.38 Å². The maximum absolute atomic E-state index is 6.54. The minimum atomic E-state index is -0.256. The van der Waals surface area contributed by atoms with Gasteiger partial charge in [-0.15, -0.1) is 22.9 Å². The second-order valence-electron chi connectivity index (χ2n) is 3.71. The Morgan fingerprint density at radius 1 is 1.11 bits per heavy atom. The molecule has 2 nitrogen and oxygen atoms in total. The van der Waals surface area contributed by atoms with E-state index in [4.69, 9.17) is 21.1 Å². The number of hydrogen-bond acceptors (Lipinski definition) is 3. The first-order chi connectivity index (χ1) is 9.08. The molecule has 0 radical (unpaired) electrons. The minimum Gasteiger partial charge on any atom is -0.495 e. The van der Waals surface area contributed by atoms with Crippen LogP contribution >= 0.6 is 54.8 Å². The van der Waals surface area contributed by atoms with Gasteiger partial charge in [0.1, 0.15) is 16.0 Å². The number of thiophene rings is 1. The van der Waals surface area contributed by atoms with Crippen molar-refractivity contribution >= 4 is 54.8 Å². The summed E-state index contributed by atoms with van der Waals surface area (Å²) in [6.07, 6.45) is 0. The van der Waals surface area contributed by atoms with Crippen LogP contribution in [0.1, 0.15) is 15.8 Å². The number of alkyl halides is 1. The molecule has 0 aliphatic carbocycles. The van der Waals surface area contributed by atoms with Gasteiger partial charge in [0.2, 0.25) is 0 Å². The average Bonchev–Trinajstić information content (AvgIpc) is 2.84. The van der Waals surface area contributed by atoms with Crippen LogP contribution < -0.4 is 9.47 Å². The highest BCUT2D eigenvalue weighted by Crippen LogP contribution is 2.45. The summed E-state index contributed by atoms with van der Waals surface area (Å²) in [5, 5.41) is -0.256. The third-order valence-electron chi connectivity index (χ3n) is 2.63. The standard InChI is InChI=1S/C13H11Br2ClO2S/c1-17-8-4-3-7(13(18-2)11(8)15)12(16)9-5-6-10(14)19-9/h3-6,12H,1-2H3. The molecule has 0 amide bonds. The summed E-state index contributed by atoms with van der Waals surface area (Å²) in [7, 11) is 3.24. The van der Waals surface area contributed by atoms with E-state index >= 15 is 0 Å². The van der Waals surface area contributed by atoms with Crippen molar-refractivity contribution in [1.82, 2.24) is 0 Å². The van der Waals surface area contributed by atoms with Crippen LogP contribution in [0.5, 0.6) is 11.5 Å². The molecule has 0 spiro atoms. The van der Waals surface area contributed by atoms with Crippen LogP contribution in [-0.4, -0.2) is 14.2 Å². The molecule has 2 rings (SSSR count). The summed E-state index contributed by atoms with van der Waals surface area (Å²) in [5.41, 5.74) is 0.909. The second kappa shape index (κ2) is 6.48. The van der Waals surface area contributed by atoms with Crippen LogP contribution in [0.25, 0.3) is 0 Å². The first kappa shape index (κ1) is 15.2. The Hall–Kier alpha value is -0.230. The van der Waals surface area contributed by atoms with Crippen LogP contribution in [-0.2, 0) is 0 Å². The monoisotopic (exact) mass is 424 g/mol. The number of benzene rings is 1. The van der Waals surface area contributed by atoms with Gasteiger partial charge in [-0.3, -0.25) is 0 Å². The molecule has 6 heteroatoms. The molecule has 1 atom stereocenters. The van der Waals surface area contributed by atoms with E-state index < -0.39 is 0 Å². The maximum atomic E-state index is 6.54. The van der Waals surface area contributed by atoms with Crippen LogP contribution in [0.3, 0.4) is 0 Å². The SMILES string of the molecule is COc1ccc(C(Cl)c2ccc(Br)s2)c(OC)c1Br. The molecule has 0 saturated carbocycles. The fourth-order valence-corrected chi connectivity index (χ4v) is 4.22. The zero-order valence-electron chi connectivity index (χ0n) is 10.2. The number of hydrogen-bond donors (Lipinski definition) is 0. The first-order valence-corrected chi connectivity index (χ1v) is 8.22. The summed E-state index contributed by atoms with van der Waals surface area (Å²) in [6.45, 7) is 0. The topological polar surface area (TPSA) is 18.5 Å². The van der Waals surface area contributed by atoms with Crippen molar-refractivity contribution in [1.29, 1.82) is 0 Å². The molecular weight excluding hydrogens is 415 g/mol. The first-order valence-electron chi connectivity index (χ1n) is 5.38. The predicted octanol–water partition coefficient (Wildman–Crippen LogP) is 5.62. The Balaban J connectivity index is 2.47. The Labute approximate surface area is 137 Å². The van der Waals surface area contributed by atoms with Gasteiger partial charge < -0.3 is 9.47 Å². The predicted molar refractivity (Wildman–Crippen MR) is 87.0 cm³/mol. The Bertz CT molecular complexity index is 586. The highest BCUT2D eigenvalue weighted by atomic mass is 79.9. The summed E-state index contributed by atoms with van der Waals surface area (Å²) in [6, 6.07) is 7.79. The number of rotatable bonds is 4. The molecular formula is C13H11Br2ClO2S. The lowest BCUT2D eigenvalue weighted by Crippen LogP contribution is -1.98. The number of halogens is 3. The van der Waals surface area contributed by atoms with Gasteiger partial charge in [0.05, 0.1) is 23.4 Å². The highest BCUT2D eigenvalue weighted by molar-refractivity contribution is 9.11. The number of ether oxygens (including phenoxy) is 2. The van der Waals surface area contributed by atoms with E-state index in [0.717, 1.165) is 24.4 Å². The smallest absolute Gasteiger partial charge is 0.141 e. The van der Waals surface area contributed by atoms with E-state index in [1.54, 1.807) is 25.6 Å². The van der Waals surface area contributed by atoms with Crippen molar-refractivity contribution in [2.24, 2.45) is 0 Å². The van der Waals surface area contributed by atoms with E-state index in [2.05, 4.69) is 31.9 Å². The molecule has 19 heavy (non-hydrogen) atoms. The lowest BCUT2D eigenvalue weighted by atomic mass is 10.1. The second-order valence-corrected chi connectivity index (χ2v) is 7.43. The minimum absolute atomic E-state index is 0.256. The average molecular weight is 427 g/mol. The van der Waals surface area contributed by atoms with Gasteiger partial charge in [0, 0.05) is 10.4 Å². The zero-order valence-corrected chi connectivity index (χ0v) is 15.0. The molecule has 0 aliphatic heterocycles. The van der Waals surface area contributed by atoms with E-state index in [0.29, 0.717) is 5.75 Å². The number of methoxy groups -OCH3 is 2. The van der Waals surface area contributed by atoms with Crippen molar-refractivity contribution in [2.75, 3.05) is 14.2 Å².